The van der Waals surface area contributed by atoms with Crippen LogP contribution in [0.1, 0.15) is 59.9 Å². The number of aromatic nitrogens is 6. The summed E-state index contributed by atoms with van der Waals surface area (Å²) < 4.78 is 54.3. The molecule has 0 unspecified atom stereocenters. The van der Waals surface area contributed by atoms with Gasteiger partial charge in [0.25, 0.3) is 0 Å². The van der Waals surface area contributed by atoms with E-state index in [-0.39, 0.29) is 65.4 Å². The van der Waals surface area contributed by atoms with E-state index in [1.54, 1.807) is 0 Å². The summed E-state index contributed by atoms with van der Waals surface area (Å²) in [6.45, 7) is -2.84. The number of pyridine rings is 1. The number of rotatable bonds is 7. The van der Waals surface area contributed by atoms with Crippen molar-refractivity contribution in [1.29, 1.82) is 0 Å². The zero-order valence-electron chi connectivity index (χ0n) is 25.8. The molecule has 2 atom stereocenters. The van der Waals surface area contributed by atoms with E-state index in [1.807, 2.05) is 0 Å². The van der Waals surface area contributed by atoms with Gasteiger partial charge in [-0.1, -0.05) is 0 Å². The van der Waals surface area contributed by atoms with Gasteiger partial charge in [0.2, 0.25) is 5.91 Å². The first-order valence-corrected chi connectivity index (χ1v) is 12.8. The van der Waals surface area contributed by atoms with Gasteiger partial charge in [-0.05, 0) is 31.4 Å². The number of nitrogens with one attached hydrogen (secondary N) is 2. The Balaban J connectivity index is 1.41. The van der Waals surface area contributed by atoms with Gasteiger partial charge in [0.1, 0.15) is 28.9 Å². The monoisotopic (exact) mass is 569 g/mol. The van der Waals surface area contributed by atoms with Gasteiger partial charge in [0.15, 0.2) is 12.1 Å². The maximum atomic E-state index is 14.0. The Morgan fingerprint density at radius 2 is 2.07 bits per heavy atom. The van der Waals surface area contributed by atoms with Crippen molar-refractivity contribution in [3.05, 3.63) is 46.4 Å². The fourth-order valence-electron chi connectivity index (χ4n) is 5.68. The van der Waals surface area contributed by atoms with Crippen molar-refractivity contribution < 1.29 is 29.0 Å². The maximum Gasteiger partial charge on any atom is 0.407 e. The van der Waals surface area contributed by atoms with Crippen molar-refractivity contribution in [3.8, 4) is 0 Å². The Morgan fingerprint density at radius 1 is 1.27 bits per heavy atom. The molecule has 2 amide bonds. The molecule has 4 aromatic rings. The number of primary amides is 1. The van der Waals surface area contributed by atoms with Crippen LogP contribution in [0, 0.1) is 0 Å². The van der Waals surface area contributed by atoms with Gasteiger partial charge in [-0.2, -0.15) is 0 Å². The van der Waals surface area contributed by atoms with Gasteiger partial charge in [-0.3, -0.25) is 18.7 Å². The number of nitrogens with zero attached hydrogens (tertiary/aromatic N) is 6. The van der Waals surface area contributed by atoms with E-state index in [1.165, 1.54) is 40.6 Å². The average Bonchev–Trinajstić information content (AvgIpc) is 3.60. The fourth-order valence-corrected chi connectivity index (χ4v) is 5.68. The van der Waals surface area contributed by atoms with Crippen LogP contribution in [0.25, 0.3) is 16.6 Å². The molecule has 214 valence electrons. The molecule has 2 fully saturated rings. The molecule has 4 N–H and O–H groups in total. The van der Waals surface area contributed by atoms with Crippen molar-refractivity contribution in [2.45, 2.75) is 55.8 Å². The first kappa shape index (κ1) is 21.9. The number of anilines is 2. The molecule has 0 saturated heterocycles. The smallest absolute Gasteiger partial charge is 0.407 e. The molecular formula is C26H28FN9O5. The lowest BCUT2D eigenvalue weighted by atomic mass is 9.66. The maximum absolute atomic E-state index is 14.0. The molecule has 4 aromatic heterocycles. The van der Waals surface area contributed by atoms with E-state index >= 15 is 0 Å². The van der Waals surface area contributed by atoms with Gasteiger partial charge in [0, 0.05) is 42.1 Å². The van der Waals surface area contributed by atoms with E-state index in [0.717, 1.165) is 0 Å². The predicted molar refractivity (Wildman–Crippen MR) is 144 cm³/mol. The highest BCUT2D eigenvalue weighted by Gasteiger charge is 2.54. The number of alkyl carbamates (subject to hydrolysis) is 1. The Kier molecular flexibility index (Phi) is 5.18. The van der Waals surface area contributed by atoms with Crippen molar-refractivity contribution >= 4 is 46.5 Å². The number of nitrogens with two attached hydrogens (primary N) is 1. The van der Waals surface area contributed by atoms with Gasteiger partial charge in [-0.25, -0.2) is 28.5 Å². The van der Waals surface area contributed by atoms with E-state index in [4.69, 9.17) is 11.2 Å². The van der Waals surface area contributed by atoms with Crippen LogP contribution < -0.4 is 22.1 Å². The molecule has 0 spiro atoms. The van der Waals surface area contributed by atoms with Crippen LogP contribution in [0.15, 0.2) is 29.2 Å². The molecule has 0 aliphatic heterocycles. The summed E-state index contributed by atoms with van der Waals surface area (Å²) in [5.41, 5.74) is 3.85. The zero-order chi connectivity index (χ0) is 32.5. The second-order valence-electron chi connectivity index (χ2n) is 10.2. The molecule has 6 rings (SSSR count). The molecule has 0 bridgehead atoms. The number of carbonyl (C=O) groups is 3. The van der Waals surface area contributed by atoms with E-state index in [0.29, 0.717) is 17.3 Å². The van der Waals surface area contributed by atoms with Crippen molar-refractivity contribution in [2.24, 2.45) is 12.7 Å². The zero-order valence-corrected chi connectivity index (χ0v) is 21.8. The number of alkyl halides is 1. The highest BCUT2D eigenvalue weighted by Crippen LogP contribution is 2.45. The lowest BCUT2D eigenvalue weighted by Crippen LogP contribution is -2.53. The standard InChI is InChI=1S/C26H28FN9O5/c1-34-19-11-29-21(8-18(19)35(25(34)40)15-4-3-14(7-15)30-24(39)41-2)32-20-6-5-17-16(12-37)31-23(36(17)33-20)26(22(28)38)9-13(27)10-26/h5-6,8,11-15H,3-4,7,9-10H2,1-2H3,(H2,28,38)(H,30,39)(H,29,32,33)/t13?,14-,15-,26?/m1/s1/i1D3,14D. The number of methoxy groups -OCH3 is 1. The highest BCUT2D eigenvalue weighted by molar-refractivity contribution is 5.90. The van der Waals surface area contributed by atoms with Crippen LogP contribution in [0.4, 0.5) is 20.8 Å². The number of hydrogen-bond acceptors (Lipinski definition) is 9. The van der Waals surface area contributed by atoms with Gasteiger partial charge in [0.05, 0.1) is 31.2 Å². The Hall–Kier alpha value is -4.82. The minimum atomic E-state index is -2.84. The van der Waals surface area contributed by atoms with Crippen LogP contribution >= 0.6 is 0 Å². The number of fused-ring (bicyclic) bond motifs is 2. The molecule has 2 aliphatic rings. The molecule has 15 heteroatoms. The molecule has 41 heavy (non-hydrogen) atoms. The topological polar surface area (TPSA) is 181 Å². The van der Waals surface area contributed by atoms with Crippen LogP contribution in [-0.4, -0.2) is 66.3 Å². The summed E-state index contributed by atoms with van der Waals surface area (Å²) in [5, 5.41) is 9.91. The van der Waals surface area contributed by atoms with Crippen LogP contribution in [0.2, 0.25) is 0 Å². The molecule has 14 nitrogen and oxygen atoms in total. The predicted octanol–water partition coefficient (Wildman–Crippen LogP) is 1.64. The van der Waals surface area contributed by atoms with Crippen LogP contribution in [0.5, 0.6) is 0 Å². The highest BCUT2D eigenvalue weighted by atomic mass is 19.1. The first-order chi connectivity index (χ1) is 21.2. The molecule has 2 aliphatic carbocycles. The molecule has 4 heterocycles. The lowest BCUT2D eigenvalue weighted by molar-refractivity contribution is -0.129. The summed E-state index contributed by atoms with van der Waals surface area (Å²) in [5.74, 6) is -0.450. The quantitative estimate of drug-likeness (QED) is 0.279. The van der Waals surface area contributed by atoms with Gasteiger partial charge < -0.3 is 21.1 Å². The number of amides is 2. The third kappa shape index (κ3) is 4.19. The molecular weight excluding hydrogens is 537 g/mol. The number of imidazole rings is 2. The second kappa shape index (κ2) is 9.67. The largest absolute Gasteiger partial charge is 0.453 e. The second-order valence-corrected chi connectivity index (χ2v) is 10.2. The number of carbonyl (C=O) groups excluding carboxylic acids is 3. The van der Waals surface area contributed by atoms with Crippen molar-refractivity contribution in [2.75, 3.05) is 12.4 Å². The summed E-state index contributed by atoms with van der Waals surface area (Å²) in [4.78, 5) is 58.0. The minimum Gasteiger partial charge on any atom is -0.453 e. The first-order valence-electron chi connectivity index (χ1n) is 14.8. The molecule has 0 aromatic carbocycles. The minimum absolute atomic E-state index is 0.00901. The van der Waals surface area contributed by atoms with Crippen LogP contribution in [-0.2, 0) is 21.9 Å². The van der Waals surface area contributed by atoms with Crippen LogP contribution in [0.3, 0.4) is 0 Å². The number of hydrogen-bond donors (Lipinski definition) is 3. The summed E-state index contributed by atoms with van der Waals surface area (Å²) in [6.07, 6.45) is -0.266. The lowest BCUT2D eigenvalue weighted by Gasteiger charge is -2.39. The summed E-state index contributed by atoms with van der Waals surface area (Å²) in [7, 11) is 1.17. The van der Waals surface area contributed by atoms with E-state index in [2.05, 4.69) is 30.4 Å². The number of halogens is 1. The van der Waals surface area contributed by atoms with E-state index < -0.39 is 48.3 Å². The Labute approximate surface area is 237 Å². The summed E-state index contributed by atoms with van der Waals surface area (Å²) >= 11 is 0. The molecule has 2 saturated carbocycles. The Bertz CT molecular complexity index is 1930. The van der Waals surface area contributed by atoms with Gasteiger partial charge in [-0.15, -0.1) is 5.10 Å². The van der Waals surface area contributed by atoms with Crippen molar-refractivity contribution in [1.82, 2.24) is 34.0 Å². The third-order valence-corrected chi connectivity index (χ3v) is 7.78. The normalized spacial score (nSPS) is 27.4. The summed E-state index contributed by atoms with van der Waals surface area (Å²) in [6, 6.07) is 2.42. The number of ether oxygens (including phenoxy) is 1. The average molecular weight is 570 g/mol. The molecule has 0 radical (unpaired) electrons. The van der Waals surface area contributed by atoms with E-state index in [9.17, 15) is 23.6 Å². The number of aldehydes is 1. The number of aryl methyl sites for hydroxylation is 1. The third-order valence-electron chi connectivity index (χ3n) is 7.78. The SMILES string of the molecule is [2H]C([2H])([2H])n1c(=O)n([C@@H]2CC[C@@]([2H])(NC(=O)OC)C2)c2cc(Nc3ccc4c(C=O)nc(C5(C(N)=O)CC(F)C5)n4n3)ncc21. The van der Waals surface area contributed by atoms with Gasteiger partial charge >= 0.3 is 11.8 Å². The van der Waals surface area contributed by atoms with Crippen molar-refractivity contribution in [3.63, 3.8) is 0 Å². The Morgan fingerprint density at radius 3 is 2.76 bits per heavy atom. The fraction of sp³-hybridized carbons (Fsp3) is 0.423.